The first-order valence-corrected chi connectivity index (χ1v) is 8.93. The molecule has 0 heterocycles. The first-order chi connectivity index (χ1) is 11.5. The van der Waals surface area contributed by atoms with E-state index in [9.17, 15) is 9.18 Å². The number of hydrogen-bond acceptors (Lipinski definition) is 3. The minimum atomic E-state index is -0.217. The fourth-order valence-corrected chi connectivity index (χ4v) is 3.52. The highest BCUT2D eigenvalue weighted by molar-refractivity contribution is 5.76. The lowest BCUT2D eigenvalue weighted by Crippen LogP contribution is -2.40. The molecule has 5 heteroatoms. The molecule has 1 saturated carbocycles. The van der Waals surface area contributed by atoms with Gasteiger partial charge in [-0.2, -0.15) is 0 Å². The lowest BCUT2D eigenvalue weighted by molar-refractivity contribution is -0.123. The van der Waals surface area contributed by atoms with E-state index in [1.54, 1.807) is 12.1 Å². The monoisotopic (exact) mass is 335 g/mol. The van der Waals surface area contributed by atoms with Gasteiger partial charge in [0.25, 0.3) is 0 Å². The summed E-state index contributed by atoms with van der Waals surface area (Å²) < 4.78 is 12.9. The van der Waals surface area contributed by atoms with Crippen LogP contribution in [0.3, 0.4) is 0 Å². The summed E-state index contributed by atoms with van der Waals surface area (Å²) in [5, 5.41) is 3.02. The van der Waals surface area contributed by atoms with Crippen molar-refractivity contribution in [1.82, 2.24) is 10.2 Å². The van der Waals surface area contributed by atoms with Crippen molar-refractivity contribution in [2.45, 2.75) is 45.1 Å². The molecule has 134 valence electrons. The number of nitrogens with two attached hydrogens (primary N) is 1. The fourth-order valence-electron chi connectivity index (χ4n) is 3.52. The van der Waals surface area contributed by atoms with Crippen LogP contribution < -0.4 is 11.1 Å². The zero-order valence-electron chi connectivity index (χ0n) is 14.7. The largest absolute Gasteiger partial charge is 0.355 e. The minimum Gasteiger partial charge on any atom is -0.355 e. The Morgan fingerprint density at radius 3 is 2.54 bits per heavy atom. The molecule has 0 aliphatic heterocycles. The summed E-state index contributed by atoms with van der Waals surface area (Å²) >= 11 is 0. The highest BCUT2D eigenvalue weighted by Crippen LogP contribution is 2.38. The Labute approximate surface area is 144 Å². The second-order valence-corrected chi connectivity index (χ2v) is 7.16. The van der Waals surface area contributed by atoms with Crippen molar-refractivity contribution in [3.8, 4) is 0 Å². The molecule has 1 aromatic carbocycles. The summed E-state index contributed by atoms with van der Waals surface area (Å²) in [6.45, 7) is 2.73. The Kier molecular flexibility index (Phi) is 7.18. The van der Waals surface area contributed by atoms with Gasteiger partial charge in [-0.3, -0.25) is 4.79 Å². The maximum absolute atomic E-state index is 12.9. The van der Waals surface area contributed by atoms with E-state index in [2.05, 4.69) is 10.2 Å². The van der Waals surface area contributed by atoms with Gasteiger partial charge in [0, 0.05) is 26.1 Å². The van der Waals surface area contributed by atoms with Gasteiger partial charge < -0.3 is 16.0 Å². The van der Waals surface area contributed by atoms with Gasteiger partial charge in [-0.15, -0.1) is 0 Å². The van der Waals surface area contributed by atoms with Crippen molar-refractivity contribution < 1.29 is 9.18 Å². The van der Waals surface area contributed by atoms with Crippen molar-refractivity contribution >= 4 is 5.91 Å². The Bertz CT molecular complexity index is 512. The molecule has 1 amide bonds. The van der Waals surface area contributed by atoms with Gasteiger partial charge in [-0.05, 0) is 49.5 Å². The summed E-state index contributed by atoms with van der Waals surface area (Å²) in [7, 11) is 2.00. The molecular formula is C19H30FN3O. The molecule has 0 atom stereocenters. The maximum Gasteiger partial charge on any atom is 0.220 e. The molecule has 0 bridgehead atoms. The topological polar surface area (TPSA) is 58.4 Å². The zero-order valence-corrected chi connectivity index (χ0v) is 14.7. The van der Waals surface area contributed by atoms with E-state index in [1.807, 2.05) is 7.05 Å². The van der Waals surface area contributed by atoms with Gasteiger partial charge in [0.05, 0.1) is 0 Å². The fraction of sp³-hybridized carbons (Fsp3) is 0.632. The second-order valence-electron chi connectivity index (χ2n) is 7.16. The quantitative estimate of drug-likeness (QED) is 0.768. The highest BCUT2D eigenvalue weighted by atomic mass is 19.1. The van der Waals surface area contributed by atoms with Crippen molar-refractivity contribution in [3.05, 3.63) is 35.6 Å². The Balaban J connectivity index is 1.68. The van der Waals surface area contributed by atoms with E-state index in [1.165, 1.54) is 31.4 Å². The van der Waals surface area contributed by atoms with Gasteiger partial charge in [-0.1, -0.05) is 31.4 Å². The lowest BCUT2D eigenvalue weighted by atomic mass is 9.71. The molecule has 1 aliphatic rings. The van der Waals surface area contributed by atoms with Crippen molar-refractivity contribution in [2.75, 3.05) is 26.7 Å². The van der Waals surface area contributed by atoms with Crippen LogP contribution in [0.15, 0.2) is 24.3 Å². The summed E-state index contributed by atoms with van der Waals surface area (Å²) in [5.41, 5.74) is 7.03. The Morgan fingerprint density at radius 2 is 1.92 bits per heavy atom. The SMILES string of the molecule is CN(CCNC(=O)CC1(CN)CCCCC1)Cc1ccc(F)cc1. The number of likely N-dealkylation sites (N-methyl/N-ethyl adjacent to an activating group) is 1. The number of carbonyl (C=O) groups is 1. The number of amides is 1. The smallest absolute Gasteiger partial charge is 0.220 e. The van der Waals surface area contributed by atoms with E-state index in [4.69, 9.17) is 5.73 Å². The third-order valence-corrected chi connectivity index (χ3v) is 5.06. The predicted molar refractivity (Wildman–Crippen MR) is 94.9 cm³/mol. The summed E-state index contributed by atoms with van der Waals surface area (Å²) in [6.07, 6.45) is 6.32. The Hall–Kier alpha value is -1.46. The van der Waals surface area contributed by atoms with Crippen molar-refractivity contribution in [2.24, 2.45) is 11.1 Å². The Morgan fingerprint density at radius 1 is 1.25 bits per heavy atom. The van der Waals surface area contributed by atoms with Crippen LogP contribution >= 0.6 is 0 Å². The standard InChI is InChI=1S/C19H30FN3O/c1-23(14-16-5-7-17(20)8-6-16)12-11-22-18(24)13-19(15-21)9-3-2-4-10-19/h5-8H,2-4,9-15,21H2,1H3,(H,22,24). The average Bonchev–Trinajstić information content (AvgIpc) is 2.58. The molecular weight excluding hydrogens is 305 g/mol. The van der Waals surface area contributed by atoms with Crippen LogP contribution in [0.1, 0.15) is 44.1 Å². The molecule has 4 nitrogen and oxygen atoms in total. The van der Waals surface area contributed by atoms with E-state index in [0.717, 1.165) is 31.5 Å². The lowest BCUT2D eigenvalue weighted by Gasteiger charge is -2.35. The molecule has 1 fully saturated rings. The van der Waals surface area contributed by atoms with Crippen molar-refractivity contribution in [3.63, 3.8) is 0 Å². The number of carbonyl (C=O) groups excluding carboxylic acids is 1. The van der Waals surface area contributed by atoms with Gasteiger partial charge in [0.1, 0.15) is 5.82 Å². The van der Waals surface area contributed by atoms with Gasteiger partial charge in [-0.25, -0.2) is 4.39 Å². The van der Waals surface area contributed by atoms with E-state index in [0.29, 0.717) is 19.5 Å². The molecule has 3 N–H and O–H groups in total. The van der Waals surface area contributed by atoms with E-state index in [-0.39, 0.29) is 17.1 Å². The predicted octanol–water partition coefficient (Wildman–Crippen LogP) is 2.67. The molecule has 1 aromatic rings. The van der Waals surface area contributed by atoms with E-state index < -0.39 is 0 Å². The molecule has 0 aromatic heterocycles. The molecule has 0 radical (unpaired) electrons. The number of nitrogens with one attached hydrogen (secondary N) is 1. The number of benzene rings is 1. The van der Waals surface area contributed by atoms with E-state index >= 15 is 0 Å². The second kappa shape index (κ2) is 9.14. The maximum atomic E-state index is 12.9. The van der Waals surface area contributed by atoms with Crippen LogP contribution in [0.4, 0.5) is 4.39 Å². The van der Waals surface area contributed by atoms with Gasteiger partial charge in [0.15, 0.2) is 0 Å². The normalized spacial score (nSPS) is 17.0. The summed E-state index contributed by atoms with van der Waals surface area (Å²) in [5.74, 6) is -0.109. The van der Waals surface area contributed by atoms with Crippen LogP contribution in [0, 0.1) is 11.2 Å². The van der Waals surface area contributed by atoms with Crippen LogP contribution in [0.5, 0.6) is 0 Å². The zero-order chi connectivity index (χ0) is 17.4. The molecule has 0 spiro atoms. The third kappa shape index (κ3) is 5.87. The van der Waals surface area contributed by atoms with Gasteiger partial charge in [0.2, 0.25) is 5.91 Å². The molecule has 2 rings (SSSR count). The molecule has 24 heavy (non-hydrogen) atoms. The molecule has 0 saturated heterocycles. The molecule has 0 unspecified atom stereocenters. The van der Waals surface area contributed by atoms with Crippen molar-refractivity contribution in [1.29, 1.82) is 0 Å². The van der Waals surface area contributed by atoms with Crippen LogP contribution in [-0.2, 0) is 11.3 Å². The summed E-state index contributed by atoms with van der Waals surface area (Å²) in [6, 6.07) is 6.53. The summed E-state index contributed by atoms with van der Waals surface area (Å²) in [4.78, 5) is 14.3. The van der Waals surface area contributed by atoms with Crippen LogP contribution in [0.2, 0.25) is 0 Å². The number of rotatable bonds is 8. The first kappa shape index (κ1) is 18.9. The third-order valence-electron chi connectivity index (χ3n) is 5.06. The van der Waals surface area contributed by atoms with Crippen LogP contribution in [0.25, 0.3) is 0 Å². The average molecular weight is 335 g/mol. The van der Waals surface area contributed by atoms with Crippen LogP contribution in [-0.4, -0.2) is 37.5 Å². The minimum absolute atomic E-state index is 0.0162. The number of hydrogen-bond donors (Lipinski definition) is 2. The first-order valence-electron chi connectivity index (χ1n) is 8.93. The van der Waals surface area contributed by atoms with Gasteiger partial charge >= 0.3 is 0 Å². The highest BCUT2D eigenvalue weighted by Gasteiger charge is 2.32. The number of halogens is 1. The molecule has 1 aliphatic carbocycles. The number of nitrogens with zero attached hydrogens (tertiary/aromatic N) is 1.